The van der Waals surface area contributed by atoms with E-state index in [0.717, 1.165) is 36.1 Å². The molecule has 1 heterocycles. The molecule has 0 unspecified atom stereocenters. The second kappa shape index (κ2) is 10.3. The Balaban J connectivity index is 1.48. The molecule has 3 nitrogen and oxygen atoms in total. The fourth-order valence-electron chi connectivity index (χ4n) is 6.38. The average molecular weight is 470 g/mol. The summed E-state index contributed by atoms with van der Waals surface area (Å²) in [4.78, 5) is 2.59. The molecule has 184 valence electrons. The molecule has 3 heteroatoms. The van der Waals surface area contributed by atoms with Gasteiger partial charge in [0.1, 0.15) is 12.3 Å². The van der Waals surface area contributed by atoms with Gasteiger partial charge in [0, 0.05) is 24.4 Å². The van der Waals surface area contributed by atoms with Crippen molar-refractivity contribution in [2.45, 2.75) is 77.0 Å². The number of aliphatic hydroxyl groups is 1. The molecule has 1 N–H and O–H groups in total. The van der Waals surface area contributed by atoms with E-state index in [1.54, 1.807) is 0 Å². The van der Waals surface area contributed by atoms with Crippen molar-refractivity contribution in [2.24, 2.45) is 11.8 Å². The highest BCUT2D eigenvalue weighted by Gasteiger charge is 2.50. The third-order valence-corrected chi connectivity index (χ3v) is 8.44. The van der Waals surface area contributed by atoms with Crippen molar-refractivity contribution in [3.05, 3.63) is 107 Å². The van der Waals surface area contributed by atoms with Gasteiger partial charge in [0.05, 0.1) is 6.10 Å². The van der Waals surface area contributed by atoms with E-state index in [4.69, 9.17) is 4.74 Å². The SMILES string of the molecule is C[C@@H]1CC[C@@H]2[C@@H](C1)O[C@@H](Cc1ccccc1[C@@H](O)c1ccccc1)N(Cc1ccccc1)C2(C)C. The van der Waals surface area contributed by atoms with Crippen molar-refractivity contribution in [1.29, 1.82) is 0 Å². The minimum absolute atomic E-state index is 0.0244. The quantitative estimate of drug-likeness (QED) is 0.433. The van der Waals surface area contributed by atoms with E-state index in [0.29, 0.717) is 11.8 Å². The van der Waals surface area contributed by atoms with Gasteiger partial charge in [-0.15, -0.1) is 0 Å². The second-order valence-electron chi connectivity index (χ2n) is 11.1. The van der Waals surface area contributed by atoms with Crippen LogP contribution in [0, 0.1) is 11.8 Å². The van der Waals surface area contributed by atoms with E-state index in [1.807, 2.05) is 36.4 Å². The molecule has 1 saturated heterocycles. The first kappa shape index (κ1) is 24.2. The summed E-state index contributed by atoms with van der Waals surface area (Å²) in [5, 5.41) is 11.3. The molecular weight excluding hydrogens is 430 g/mol. The van der Waals surface area contributed by atoms with Crippen molar-refractivity contribution < 1.29 is 9.84 Å². The zero-order valence-electron chi connectivity index (χ0n) is 21.3. The summed E-state index contributed by atoms with van der Waals surface area (Å²) in [6, 6.07) is 29.1. The molecular formula is C32H39NO2. The first-order chi connectivity index (χ1) is 16.9. The molecule has 1 aliphatic carbocycles. The van der Waals surface area contributed by atoms with Crippen molar-refractivity contribution in [3.8, 4) is 0 Å². The minimum Gasteiger partial charge on any atom is -0.384 e. The Morgan fingerprint density at radius 2 is 1.57 bits per heavy atom. The number of hydrogen-bond donors (Lipinski definition) is 1. The predicted molar refractivity (Wildman–Crippen MR) is 142 cm³/mol. The molecule has 3 aromatic rings. The van der Waals surface area contributed by atoms with Crippen LogP contribution >= 0.6 is 0 Å². The van der Waals surface area contributed by atoms with E-state index >= 15 is 0 Å². The lowest BCUT2D eigenvalue weighted by Gasteiger charge is -2.57. The molecule has 0 spiro atoms. The lowest BCUT2D eigenvalue weighted by atomic mass is 9.69. The normalized spacial score (nSPS) is 27.2. The first-order valence-electron chi connectivity index (χ1n) is 13.2. The van der Waals surface area contributed by atoms with Crippen LogP contribution in [0.15, 0.2) is 84.9 Å². The summed E-state index contributed by atoms with van der Waals surface area (Å²) in [7, 11) is 0. The number of rotatable bonds is 6. The van der Waals surface area contributed by atoms with Gasteiger partial charge in [-0.05, 0) is 54.9 Å². The average Bonchev–Trinajstić information content (AvgIpc) is 2.87. The molecule has 2 aliphatic rings. The van der Waals surface area contributed by atoms with E-state index < -0.39 is 6.10 Å². The summed E-state index contributed by atoms with van der Waals surface area (Å²) < 4.78 is 6.97. The predicted octanol–water partition coefficient (Wildman–Crippen LogP) is 6.75. The van der Waals surface area contributed by atoms with Crippen LogP contribution < -0.4 is 0 Å². The maximum Gasteiger partial charge on any atom is 0.115 e. The monoisotopic (exact) mass is 469 g/mol. The van der Waals surface area contributed by atoms with Crippen LogP contribution in [0.25, 0.3) is 0 Å². The third kappa shape index (κ3) is 5.09. The fraction of sp³-hybridized carbons (Fsp3) is 0.438. The van der Waals surface area contributed by atoms with Crippen molar-refractivity contribution in [2.75, 3.05) is 0 Å². The topological polar surface area (TPSA) is 32.7 Å². The number of hydrogen-bond acceptors (Lipinski definition) is 3. The molecule has 5 rings (SSSR count). The Morgan fingerprint density at radius 1 is 0.914 bits per heavy atom. The van der Waals surface area contributed by atoms with Gasteiger partial charge in [0.25, 0.3) is 0 Å². The van der Waals surface area contributed by atoms with Gasteiger partial charge >= 0.3 is 0 Å². The van der Waals surface area contributed by atoms with Crippen LogP contribution in [0.2, 0.25) is 0 Å². The Hall–Kier alpha value is -2.46. The van der Waals surface area contributed by atoms with Crippen LogP contribution in [0.5, 0.6) is 0 Å². The van der Waals surface area contributed by atoms with Gasteiger partial charge in [-0.25, -0.2) is 0 Å². The Labute approximate surface area is 210 Å². The van der Waals surface area contributed by atoms with Gasteiger partial charge in [-0.3, -0.25) is 4.90 Å². The summed E-state index contributed by atoms with van der Waals surface area (Å²) in [6.07, 6.45) is 4.00. The Kier molecular flexibility index (Phi) is 7.11. The molecule has 3 aromatic carbocycles. The largest absolute Gasteiger partial charge is 0.384 e. The number of benzene rings is 3. The Bertz CT molecular complexity index is 1100. The van der Waals surface area contributed by atoms with Crippen molar-refractivity contribution in [1.82, 2.24) is 4.90 Å². The maximum absolute atomic E-state index is 11.3. The summed E-state index contributed by atoms with van der Waals surface area (Å²) in [6.45, 7) is 8.07. The van der Waals surface area contributed by atoms with E-state index in [-0.39, 0.29) is 17.9 Å². The van der Waals surface area contributed by atoms with Crippen LogP contribution in [-0.4, -0.2) is 27.9 Å². The maximum atomic E-state index is 11.3. The number of nitrogens with zero attached hydrogens (tertiary/aromatic N) is 1. The van der Waals surface area contributed by atoms with Gasteiger partial charge in [0.2, 0.25) is 0 Å². The molecule has 0 radical (unpaired) electrons. The molecule has 0 aromatic heterocycles. The molecule has 35 heavy (non-hydrogen) atoms. The summed E-state index contributed by atoms with van der Waals surface area (Å²) in [5.41, 5.74) is 4.39. The zero-order valence-corrected chi connectivity index (χ0v) is 21.3. The van der Waals surface area contributed by atoms with Crippen LogP contribution in [-0.2, 0) is 17.7 Å². The standard InChI is InChI=1S/C32H39NO2/c1-23-18-19-28-29(20-23)35-30(33(32(28,2)3)22-24-12-6-4-7-13-24)21-26-16-10-11-17-27(26)31(34)25-14-8-5-9-15-25/h4-17,23,28-31,34H,18-22H2,1-3H3/t23-,28-,29-,30+,31+/m1/s1. The van der Waals surface area contributed by atoms with Crippen LogP contribution in [0.3, 0.4) is 0 Å². The fourth-order valence-corrected chi connectivity index (χ4v) is 6.38. The van der Waals surface area contributed by atoms with E-state index in [1.165, 1.54) is 18.4 Å². The summed E-state index contributed by atoms with van der Waals surface area (Å²) >= 11 is 0. The summed E-state index contributed by atoms with van der Waals surface area (Å²) in [5.74, 6) is 1.24. The highest BCUT2D eigenvalue weighted by molar-refractivity contribution is 5.36. The van der Waals surface area contributed by atoms with Crippen LogP contribution in [0.4, 0.5) is 0 Å². The molecule has 0 bridgehead atoms. The second-order valence-corrected chi connectivity index (χ2v) is 11.1. The van der Waals surface area contributed by atoms with Crippen molar-refractivity contribution >= 4 is 0 Å². The lowest BCUT2D eigenvalue weighted by molar-refractivity contribution is -0.236. The Morgan fingerprint density at radius 3 is 2.31 bits per heavy atom. The molecule has 1 aliphatic heterocycles. The molecule has 5 atom stereocenters. The highest BCUT2D eigenvalue weighted by atomic mass is 16.5. The number of fused-ring (bicyclic) bond motifs is 1. The third-order valence-electron chi connectivity index (χ3n) is 8.44. The minimum atomic E-state index is -0.644. The number of aliphatic hydroxyl groups excluding tert-OH is 1. The first-order valence-corrected chi connectivity index (χ1v) is 13.2. The van der Waals surface area contributed by atoms with E-state index in [2.05, 4.69) is 74.2 Å². The zero-order chi connectivity index (χ0) is 24.4. The van der Waals surface area contributed by atoms with Gasteiger partial charge in [-0.1, -0.05) is 98.3 Å². The number of ether oxygens (including phenoxy) is 1. The van der Waals surface area contributed by atoms with E-state index in [9.17, 15) is 5.11 Å². The lowest BCUT2D eigenvalue weighted by Crippen LogP contribution is -2.64. The molecule has 2 fully saturated rings. The highest BCUT2D eigenvalue weighted by Crippen LogP contribution is 2.46. The van der Waals surface area contributed by atoms with Crippen molar-refractivity contribution in [3.63, 3.8) is 0 Å². The van der Waals surface area contributed by atoms with Gasteiger partial charge in [0.15, 0.2) is 0 Å². The molecule has 1 saturated carbocycles. The van der Waals surface area contributed by atoms with Gasteiger partial charge < -0.3 is 9.84 Å². The van der Waals surface area contributed by atoms with Gasteiger partial charge in [-0.2, -0.15) is 0 Å². The van der Waals surface area contributed by atoms with Crippen LogP contribution in [0.1, 0.15) is 68.4 Å². The molecule has 0 amide bonds. The smallest absolute Gasteiger partial charge is 0.115 e.